The number of H-pyrrole nitrogens is 1. The standard InChI is InChI=1S/C30H30FN7O6S/c1-16(2)35-27(39)15-45(41,42)37-22-12-21-18(11-26(22)43-4)10-23(36-21)29(40)19-13-34-38(30(19)32)24-14-33-28(9-17(24)3)44-25-8-6-5-7-20(25)31/h5-14,16,36-37H,15,32H2,1-4H3,(H,35,39). The number of aromatic amines is 1. The van der Waals surface area contributed by atoms with Gasteiger partial charge in [-0.05, 0) is 56.7 Å². The zero-order chi connectivity index (χ0) is 32.5. The molecule has 2 aromatic carbocycles. The van der Waals surface area contributed by atoms with Gasteiger partial charge >= 0.3 is 0 Å². The fraction of sp³-hybridized carbons (Fsp3) is 0.200. The van der Waals surface area contributed by atoms with Gasteiger partial charge in [0.25, 0.3) is 0 Å². The first-order chi connectivity index (χ1) is 21.3. The highest BCUT2D eigenvalue weighted by atomic mass is 32.2. The molecule has 0 saturated heterocycles. The van der Waals surface area contributed by atoms with E-state index in [1.54, 1.807) is 51.1 Å². The minimum absolute atomic E-state index is 0.0261. The smallest absolute Gasteiger partial charge is 0.241 e. The summed E-state index contributed by atoms with van der Waals surface area (Å²) in [6.07, 6.45) is 2.78. The highest BCUT2D eigenvalue weighted by Crippen LogP contribution is 2.33. The van der Waals surface area contributed by atoms with Gasteiger partial charge < -0.3 is 25.5 Å². The second-order valence-electron chi connectivity index (χ2n) is 10.4. The Balaban J connectivity index is 1.39. The van der Waals surface area contributed by atoms with Crippen LogP contribution in [-0.2, 0) is 14.8 Å². The summed E-state index contributed by atoms with van der Waals surface area (Å²) >= 11 is 0. The minimum Gasteiger partial charge on any atom is -0.495 e. The number of carbonyl (C=O) groups excluding carboxylic acids is 2. The Labute approximate surface area is 257 Å². The van der Waals surface area contributed by atoms with E-state index in [2.05, 4.69) is 25.1 Å². The number of ketones is 1. The summed E-state index contributed by atoms with van der Waals surface area (Å²) < 4.78 is 53.9. The van der Waals surface area contributed by atoms with Crippen molar-refractivity contribution in [3.63, 3.8) is 0 Å². The number of pyridine rings is 1. The predicted molar refractivity (Wildman–Crippen MR) is 166 cm³/mol. The number of aryl methyl sites for hydroxylation is 1. The number of sulfonamides is 1. The molecule has 0 aliphatic carbocycles. The molecular weight excluding hydrogens is 605 g/mol. The third-order valence-corrected chi connectivity index (χ3v) is 7.78. The van der Waals surface area contributed by atoms with Crippen molar-refractivity contribution in [2.75, 3.05) is 23.3 Å². The van der Waals surface area contributed by atoms with Crippen LogP contribution in [0.5, 0.6) is 17.4 Å². The van der Waals surface area contributed by atoms with Crippen LogP contribution in [0.2, 0.25) is 0 Å². The number of nitrogens with zero attached hydrogens (tertiary/aromatic N) is 3. The molecule has 45 heavy (non-hydrogen) atoms. The molecule has 0 aliphatic heterocycles. The molecule has 3 aromatic heterocycles. The number of nitrogen functional groups attached to an aromatic ring is 1. The summed E-state index contributed by atoms with van der Waals surface area (Å²) in [4.78, 5) is 32.8. The molecule has 13 nitrogen and oxygen atoms in total. The zero-order valence-corrected chi connectivity index (χ0v) is 25.5. The highest BCUT2D eigenvalue weighted by molar-refractivity contribution is 7.93. The van der Waals surface area contributed by atoms with Crippen molar-refractivity contribution in [1.82, 2.24) is 25.1 Å². The van der Waals surface area contributed by atoms with Crippen molar-refractivity contribution in [3.05, 3.63) is 83.6 Å². The number of methoxy groups -OCH3 is 1. The fourth-order valence-corrected chi connectivity index (χ4v) is 5.58. The average molecular weight is 636 g/mol. The van der Waals surface area contributed by atoms with Crippen molar-refractivity contribution in [2.45, 2.75) is 26.8 Å². The van der Waals surface area contributed by atoms with Gasteiger partial charge in [0.15, 0.2) is 11.6 Å². The largest absolute Gasteiger partial charge is 0.495 e. The van der Waals surface area contributed by atoms with Gasteiger partial charge in [-0.15, -0.1) is 0 Å². The van der Waals surface area contributed by atoms with Gasteiger partial charge in [-0.3, -0.25) is 14.3 Å². The number of nitrogens with one attached hydrogen (secondary N) is 3. The summed E-state index contributed by atoms with van der Waals surface area (Å²) in [6, 6.07) is 11.9. The number of nitrogens with two attached hydrogens (primary N) is 1. The lowest BCUT2D eigenvalue weighted by atomic mass is 10.1. The van der Waals surface area contributed by atoms with Gasteiger partial charge in [0.1, 0.15) is 17.3 Å². The van der Waals surface area contributed by atoms with E-state index in [1.807, 2.05) is 0 Å². The highest BCUT2D eigenvalue weighted by Gasteiger charge is 2.23. The Morgan fingerprint density at radius 1 is 1.11 bits per heavy atom. The number of anilines is 2. The second-order valence-corrected chi connectivity index (χ2v) is 12.2. The molecule has 0 radical (unpaired) electrons. The van der Waals surface area contributed by atoms with Crippen LogP contribution >= 0.6 is 0 Å². The molecule has 5 aromatic rings. The first kappa shape index (κ1) is 31.0. The third kappa shape index (κ3) is 6.72. The lowest BCUT2D eigenvalue weighted by molar-refractivity contribution is -0.119. The molecular formula is C30H30FN7O6S. The Morgan fingerprint density at radius 2 is 1.87 bits per heavy atom. The van der Waals surface area contributed by atoms with Crippen LogP contribution in [0.15, 0.2) is 60.9 Å². The topological polar surface area (TPSA) is 183 Å². The summed E-state index contributed by atoms with van der Waals surface area (Å²) in [5, 5.41) is 7.38. The summed E-state index contributed by atoms with van der Waals surface area (Å²) in [7, 11) is -2.70. The normalized spacial score (nSPS) is 11.5. The molecule has 1 amide bonds. The van der Waals surface area contributed by atoms with Gasteiger partial charge in [-0.2, -0.15) is 5.10 Å². The Kier molecular flexibility index (Phi) is 8.46. The van der Waals surface area contributed by atoms with Gasteiger partial charge in [0, 0.05) is 23.0 Å². The fourth-order valence-electron chi connectivity index (χ4n) is 4.58. The van der Waals surface area contributed by atoms with Gasteiger partial charge in [-0.1, -0.05) is 12.1 Å². The molecule has 0 bridgehead atoms. The van der Waals surface area contributed by atoms with Crippen molar-refractivity contribution in [1.29, 1.82) is 0 Å². The monoisotopic (exact) mass is 635 g/mol. The van der Waals surface area contributed by atoms with E-state index in [1.165, 1.54) is 42.4 Å². The molecule has 0 spiro atoms. The molecule has 0 aliphatic rings. The number of hydrogen-bond donors (Lipinski definition) is 4. The average Bonchev–Trinajstić information content (AvgIpc) is 3.55. The van der Waals surface area contributed by atoms with E-state index < -0.39 is 33.3 Å². The summed E-state index contributed by atoms with van der Waals surface area (Å²) in [5.74, 6) is -1.99. The maximum Gasteiger partial charge on any atom is 0.241 e. The predicted octanol–water partition coefficient (Wildman–Crippen LogP) is 4.08. The van der Waals surface area contributed by atoms with Crippen molar-refractivity contribution in [2.24, 2.45) is 0 Å². The molecule has 5 N–H and O–H groups in total. The Bertz CT molecular complexity index is 2040. The first-order valence-corrected chi connectivity index (χ1v) is 15.3. The number of amides is 1. The SMILES string of the molecule is COc1cc2cc(C(=O)c3cnn(-c4cnc(Oc5ccccc5F)cc4C)c3N)[nH]c2cc1NS(=O)(=O)CC(=O)NC(C)C. The van der Waals surface area contributed by atoms with E-state index in [9.17, 15) is 22.4 Å². The molecule has 3 heterocycles. The van der Waals surface area contributed by atoms with Gasteiger partial charge in [0.2, 0.25) is 27.6 Å². The maximum atomic E-state index is 14.0. The van der Waals surface area contributed by atoms with Gasteiger partial charge in [-0.25, -0.2) is 22.5 Å². The first-order valence-electron chi connectivity index (χ1n) is 13.6. The minimum atomic E-state index is -4.07. The molecule has 0 unspecified atom stereocenters. The van der Waals surface area contributed by atoms with Crippen LogP contribution in [0.3, 0.4) is 0 Å². The molecule has 5 rings (SSSR count). The molecule has 0 fully saturated rings. The number of fused-ring (bicyclic) bond motifs is 1. The number of halogens is 1. The van der Waals surface area contributed by atoms with Crippen LogP contribution < -0.4 is 25.2 Å². The molecule has 0 atom stereocenters. The number of aromatic nitrogens is 4. The quantitative estimate of drug-likeness (QED) is 0.155. The van der Waals surface area contributed by atoms with Gasteiger partial charge in [0.05, 0.1) is 42.1 Å². The van der Waals surface area contributed by atoms with E-state index in [-0.39, 0.29) is 46.2 Å². The molecule has 15 heteroatoms. The number of hydrogen-bond acceptors (Lipinski definition) is 9. The van der Waals surface area contributed by atoms with E-state index >= 15 is 0 Å². The number of para-hydroxylation sites is 1. The summed E-state index contributed by atoms with van der Waals surface area (Å²) in [5.41, 5.74) is 8.27. The van der Waals surface area contributed by atoms with Crippen LogP contribution in [0, 0.1) is 12.7 Å². The van der Waals surface area contributed by atoms with Crippen LogP contribution in [0.4, 0.5) is 15.9 Å². The zero-order valence-electron chi connectivity index (χ0n) is 24.7. The van der Waals surface area contributed by atoms with Crippen molar-refractivity contribution >= 4 is 44.1 Å². The van der Waals surface area contributed by atoms with Crippen molar-refractivity contribution < 1.29 is 31.9 Å². The van der Waals surface area contributed by atoms with Crippen LogP contribution in [-0.4, -0.2) is 58.8 Å². The maximum absolute atomic E-state index is 14.0. The molecule has 234 valence electrons. The third-order valence-electron chi connectivity index (χ3n) is 6.61. The molecule has 0 saturated carbocycles. The van der Waals surface area contributed by atoms with Crippen LogP contribution in [0.1, 0.15) is 35.5 Å². The number of ether oxygens (including phenoxy) is 2. The lowest BCUT2D eigenvalue weighted by Gasteiger charge is -2.13. The van der Waals surface area contributed by atoms with E-state index in [4.69, 9.17) is 15.2 Å². The van der Waals surface area contributed by atoms with E-state index in [0.29, 0.717) is 22.2 Å². The Morgan fingerprint density at radius 3 is 2.56 bits per heavy atom. The number of rotatable bonds is 11. The summed E-state index contributed by atoms with van der Waals surface area (Å²) in [6.45, 7) is 5.21. The van der Waals surface area contributed by atoms with Crippen LogP contribution in [0.25, 0.3) is 16.6 Å². The Hall–Kier alpha value is -5.44. The number of carbonyl (C=O) groups is 2. The lowest BCUT2D eigenvalue weighted by Crippen LogP contribution is -2.36. The second kappa shape index (κ2) is 12.3. The van der Waals surface area contributed by atoms with E-state index in [0.717, 1.165) is 0 Å². The van der Waals surface area contributed by atoms with Crippen molar-refractivity contribution in [3.8, 4) is 23.1 Å². The number of benzene rings is 2.